The van der Waals surface area contributed by atoms with Crippen LogP contribution in [-0.2, 0) is 10.0 Å². The van der Waals surface area contributed by atoms with Crippen LogP contribution in [0.5, 0.6) is 0 Å². The molecule has 0 aromatic carbocycles. The molecule has 0 radical (unpaired) electrons. The molecule has 1 aliphatic rings. The van der Waals surface area contributed by atoms with Gasteiger partial charge in [-0.1, -0.05) is 0 Å². The third-order valence-electron chi connectivity index (χ3n) is 3.16. The Balaban J connectivity index is 2.31. The fourth-order valence-electron chi connectivity index (χ4n) is 2.18. The lowest BCUT2D eigenvalue weighted by molar-refractivity contribution is 0.00940. The molecule has 2 rings (SSSR count). The first kappa shape index (κ1) is 14.2. The number of hydrogen-bond donors (Lipinski definition) is 3. The van der Waals surface area contributed by atoms with Crippen molar-refractivity contribution in [2.45, 2.75) is 30.3 Å². The van der Waals surface area contributed by atoms with E-state index in [-0.39, 0.29) is 17.3 Å². The number of aliphatic hydroxyl groups is 1. The molecule has 1 aliphatic heterocycles. The minimum Gasteiger partial charge on any atom is -0.389 e. The molecular weight excluding hydrogens is 268 g/mol. The van der Waals surface area contributed by atoms with Crippen LogP contribution in [0.1, 0.15) is 19.8 Å². The van der Waals surface area contributed by atoms with Gasteiger partial charge in [-0.25, -0.2) is 19.2 Å². The van der Waals surface area contributed by atoms with Crippen molar-refractivity contribution in [1.82, 2.24) is 9.29 Å². The van der Waals surface area contributed by atoms with Crippen LogP contribution in [0.25, 0.3) is 0 Å². The second-order valence-corrected chi connectivity index (χ2v) is 6.90. The van der Waals surface area contributed by atoms with E-state index >= 15 is 0 Å². The molecule has 2 heterocycles. The summed E-state index contributed by atoms with van der Waals surface area (Å²) < 4.78 is 26.2. The Morgan fingerprint density at radius 1 is 1.58 bits per heavy atom. The quantitative estimate of drug-likeness (QED) is 0.529. The predicted molar refractivity (Wildman–Crippen MR) is 70.7 cm³/mol. The van der Waals surface area contributed by atoms with Gasteiger partial charge in [-0.15, -0.1) is 0 Å². The Morgan fingerprint density at radius 2 is 2.32 bits per heavy atom. The summed E-state index contributed by atoms with van der Waals surface area (Å²) >= 11 is 0. The molecule has 0 bridgehead atoms. The zero-order valence-corrected chi connectivity index (χ0v) is 11.5. The van der Waals surface area contributed by atoms with Gasteiger partial charge in [-0.3, -0.25) is 0 Å². The zero-order chi connectivity index (χ0) is 14.1. The van der Waals surface area contributed by atoms with Crippen molar-refractivity contribution < 1.29 is 13.5 Å². The summed E-state index contributed by atoms with van der Waals surface area (Å²) in [5, 5.41) is 10.0. The smallest absolute Gasteiger partial charge is 0.243 e. The van der Waals surface area contributed by atoms with E-state index in [0.717, 1.165) is 0 Å². The van der Waals surface area contributed by atoms with Crippen molar-refractivity contribution in [2.75, 3.05) is 18.5 Å². The number of nitrogens with two attached hydrogens (primary N) is 1. The van der Waals surface area contributed by atoms with Crippen LogP contribution < -0.4 is 11.3 Å². The molecule has 0 amide bonds. The largest absolute Gasteiger partial charge is 0.389 e. The molecule has 1 aromatic heterocycles. The molecule has 106 valence electrons. The third-order valence-corrected chi connectivity index (χ3v) is 5.00. The normalized spacial score (nSPS) is 25.2. The highest BCUT2D eigenvalue weighted by Gasteiger charge is 2.35. The van der Waals surface area contributed by atoms with Gasteiger partial charge in [0.05, 0.1) is 10.5 Å². The van der Waals surface area contributed by atoms with Crippen LogP contribution in [0.4, 0.5) is 5.82 Å². The molecule has 19 heavy (non-hydrogen) atoms. The van der Waals surface area contributed by atoms with Crippen molar-refractivity contribution in [2.24, 2.45) is 5.84 Å². The first-order valence-electron chi connectivity index (χ1n) is 6.00. The molecule has 0 aliphatic carbocycles. The number of aromatic nitrogens is 1. The third kappa shape index (κ3) is 3.03. The van der Waals surface area contributed by atoms with E-state index in [1.165, 1.54) is 22.6 Å². The molecule has 1 fully saturated rings. The SMILES string of the molecule is CC1(O)CCCN(S(=O)(=O)c2ccnc(NN)c2)C1. The van der Waals surface area contributed by atoms with Gasteiger partial charge in [0, 0.05) is 25.4 Å². The lowest BCUT2D eigenvalue weighted by atomic mass is 9.97. The maximum Gasteiger partial charge on any atom is 0.243 e. The van der Waals surface area contributed by atoms with Gasteiger partial charge in [0.1, 0.15) is 5.82 Å². The van der Waals surface area contributed by atoms with E-state index in [9.17, 15) is 13.5 Å². The van der Waals surface area contributed by atoms with Gasteiger partial charge >= 0.3 is 0 Å². The van der Waals surface area contributed by atoms with E-state index in [1.807, 2.05) is 0 Å². The highest BCUT2D eigenvalue weighted by molar-refractivity contribution is 7.89. The number of anilines is 1. The van der Waals surface area contributed by atoms with Crippen LogP contribution >= 0.6 is 0 Å². The van der Waals surface area contributed by atoms with Crippen molar-refractivity contribution in [3.05, 3.63) is 18.3 Å². The van der Waals surface area contributed by atoms with Gasteiger partial charge in [0.25, 0.3) is 0 Å². The molecule has 1 saturated heterocycles. The highest BCUT2D eigenvalue weighted by Crippen LogP contribution is 2.26. The fourth-order valence-corrected chi connectivity index (χ4v) is 3.79. The van der Waals surface area contributed by atoms with Crippen LogP contribution in [0.3, 0.4) is 0 Å². The summed E-state index contributed by atoms with van der Waals surface area (Å²) in [6.07, 6.45) is 2.62. The minimum absolute atomic E-state index is 0.100. The van der Waals surface area contributed by atoms with E-state index < -0.39 is 15.6 Å². The number of piperidine rings is 1. The van der Waals surface area contributed by atoms with E-state index in [4.69, 9.17) is 5.84 Å². The Bertz CT molecular complexity index is 559. The fraction of sp³-hybridized carbons (Fsp3) is 0.545. The van der Waals surface area contributed by atoms with Crippen LogP contribution in [0.15, 0.2) is 23.2 Å². The number of nitrogens with one attached hydrogen (secondary N) is 1. The first-order chi connectivity index (χ1) is 8.85. The molecule has 0 saturated carbocycles. The monoisotopic (exact) mass is 286 g/mol. The number of hydrogen-bond acceptors (Lipinski definition) is 6. The number of nitrogen functional groups attached to an aromatic ring is 1. The van der Waals surface area contributed by atoms with Gasteiger partial charge in [-0.05, 0) is 25.8 Å². The lowest BCUT2D eigenvalue weighted by Crippen LogP contribution is -2.48. The zero-order valence-electron chi connectivity index (χ0n) is 10.7. The van der Waals surface area contributed by atoms with Crippen molar-refractivity contribution in [3.8, 4) is 0 Å². The second-order valence-electron chi connectivity index (χ2n) is 4.96. The summed E-state index contributed by atoms with van der Waals surface area (Å²) in [5.41, 5.74) is 1.34. The number of β-amino-alcohol motifs (C(OH)–C–C–N with tert-alkyl or cyclic N) is 1. The second kappa shape index (κ2) is 5.04. The maximum absolute atomic E-state index is 12.5. The first-order valence-corrected chi connectivity index (χ1v) is 7.44. The molecule has 4 N–H and O–H groups in total. The molecule has 0 spiro atoms. The summed E-state index contributed by atoms with van der Waals surface area (Å²) in [5.74, 6) is 5.50. The van der Waals surface area contributed by atoms with E-state index in [1.54, 1.807) is 6.92 Å². The van der Waals surface area contributed by atoms with Crippen molar-refractivity contribution in [3.63, 3.8) is 0 Å². The van der Waals surface area contributed by atoms with Crippen LogP contribution in [-0.4, -0.2) is 41.5 Å². The number of nitrogens with zero attached hydrogens (tertiary/aromatic N) is 2. The Labute approximate surface area is 112 Å². The summed E-state index contributed by atoms with van der Waals surface area (Å²) in [6, 6.07) is 2.79. The molecule has 1 atom stereocenters. The number of sulfonamides is 1. The van der Waals surface area contributed by atoms with Crippen LogP contribution in [0.2, 0.25) is 0 Å². The lowest BCUT2D eigenvalue weighted by Gasteiger charge is -2.35. The molecule has 1 unspecified atom stereocenters. The Hall–Kier alpha value is -1.22. The van der Waals surface area contributed by atoms with E-state index in [2.05, 4.69) is 10.4 Å². The molecule has 8 heteroatoms. The molecule has 7 nitrogen and oxygen atoms in total. The topological polar surface area (TPSA) is 109 Å². The Kier molecular flexibility index (Phi) is 3.77. The number of rotatable bonds is 3. The molecular formula is C11H18N4O3S. The van der Waals surface area contributed by atoms with E-state index in [0.29, 0.717) is 19.4 Å². The summed E-state index contributed by atoms with van der Waals surface area (Å²) in [7, 11) is -3.63. The van der Waals surface area contributed by atoms with Crippen molar-refractivity contribution >= 4 is 15.8 Å². The minimum atomic E-state index is -3.63. The standard InChI is InChI=1S/C11H18N4O3S/c1-11(16)4-2-6-15(8-11)19(17,18)9-3-5-13-10(7-9)14-12/h3,5,7,16H,2,4,6,8,12H2,1H3,(H,13,14). The van der Waals surface area contributed by atoms with Gasteiger partial charge in [0.2, 0.25) is 10.0 Å². The van der Waals surface area contributed by atoms with Gasteiger partial charge < -0.3 is 10.5 Å². The maximum atomic E-state index is 12.5. The predicted octanol–water partition coefficient (Wildman–Crippen LogP) is -0.0973. The average molecular weight is 286 g/mol. The highest BCUT2D eigenvalue weighted by atomic mass is 32.2. The summed E-state index contributed by atoms with van der Waals surface area (Å²) in [4.78, 5) is 4.00. The summed E-state index contributed by atoms with van der Waals surface area (Å²) in [6.45, 7) is 2.16. The molecule has 1 aromatic rings. The number of pyridine rings is 1. The number of hydrazine groups is 1. The van der Waals surface area contributed by atoms with Crippen molar-refractivity contribution in [1.29, 1.82) is 0 Å². The van der Waals surface area contributed by atoms with Crippen LogP contribution in [0, 0.1) is 0 Å². The van der Waals surface area contributed by atoms with Gasteiger partial charge in [0.15, 0.2) is 0 Å². The van der Waals surface area contributed by atoms with Gasteiger partial charge in [-0.2, -0.15) is 4.31 Å². The average Bonchev–Trinajstić information content (AvgIpc) is 2.37. The Morgan fingerprint density at radius 3 is 2.95 bits per heavy atom.